The second kappa shape index (κ2) is 7.37. The monoisotopic (exact) mass is 396 g/mol. The number of amides is 1. The third-order valence-corrected chi connectivity index (χ3v) is 6.28. The quantitative estimate of drug-likeness (QED) is 0.486. The Labute approximate surface area is 166 Å². The molecule has 0 radical (unpaired) electrons. The SMILES string of the molecule is COCc1c(C(=O)NCc2ccc3[nH]c(C)c(C)c3c2)sc2cccc(F)c12. The number of rotatable bonds is 5. The van der Waals surface area contributed by atoms with Crippen molar-refractivity contribution >= 4 is 38.2 Å². The molecule has 2 aromatic carbocycles. The third-order valence-electron chi connectivity index (χ3n) is 5.08. The van der Waals surface area contributed by atoms with Gasteiger partial charge in [0, 0.05) is 45.9 Å². The highest BCUT2D eigenvalue weighted by molar-refractivity contribution is 7.21. The molecule has 4 rings (SSSR count). The minimum Gasteiger partial charge on any atom is -0.380 e. The van der Waals surface area contributed by atoms with Crippen LogP contribution in [0, 0.1) is 19.7 Å². The van der Waals surface area contributed by atoms with Gasteiger partial charge in [-0.2, -0.15) is 0 Å². The lowest BCUT2D eigenvalue weighted by atomic mass is 10.1. The number of hydrogen-bond acceptors (Lipinski definition) is 3. The number of aromatic nitrogens is 1. The largest absolute Gasteiger partial charge is 0.380 e. The summed E-state index contributed by atoms with van der Waals surface area (Å²) in [5.41, 5.74) is 5.07. The number of methoxy groups -OCH3 is 1. The van der Waals surface area contributed by atoms with Gasteiger partial charge in [0.25, 0.3) is 5.91 Å². The molecule has 0 atom stereocenters. The molecule has 2 heterocycles. The van der Waals surface area contributed by atoms with Gasteiger partial charge in [0.1, 0.15) is 5.82 Å². The fourth-order valence-corrected chi connectivity index (χ4v) is 4.65. The lowest BCUT2D eigenvalue weighted by Gasteiger charge is -2.07. The van der Waals surface area contributed by atoms with Crippen LogP contribution in [0.4, 0.5) is 4.39 Å². The van der Waals surface area contributed by atoms with Crippen molar-refractivity contribution in [2.24, 2.45) is 0 Å². The molecule has 0 saturated heterocycles. The highest BCUT2D eigenvalue weighted by Gasteiger charge is 2.20. The van der Waals surface area contributed by atoms with E-state index >= 15 is 0 Å². The second-order valence-corrected chi connectivity index (χ2v) is 7.95. The Morgan fingerprint density at radius 2 is 2.07 bits per heavy atom. The summed E-state index contributed by atoms with van der Waals surface area (Å²) < 4.78 is 20.3. The van der Waals surface area contributed by atoms with Crippen molar-refractivity contribution in [2.75, 3.05) is 7.11 Å². The molecular weight excluding hydrogens is 375 g/mol. The Bertz CT molecular complexity index is 1190. The minimum atomic E-state index is -0.330. The van der Waals surface area contributed by atoms with Gasteiger partial charge in [-0.05, 0) is 49.2 Å². The summed E-state index contributed by atoms with van der Waals surface area (Å²) in [4.78, 5) is 16.7. The van der Waals surface area contributed by atoms with Crippen LogP contribution in [0.15, 0.2) is 36.4 Å². The molecule has 28 heavy (non-hydrogen) atoms. The molecule has 0 unspecified atom stereocenters. The molecule has 0 saturated carbocycles. The summed E-state index contributed by atoms with van der Waals surface area (Å²) in [5, 5.41) is 4.60. The number of H-pyrrole nitrogens is 1. The molecular formula is C22H21FN2O2S. The lowest BCUT2D eigenvalue weighted by molar-refractivity contribution is 0.0950. The van der Waals surface area contributed by atoms with E-state index < -0.39 is 0 Å². The number of halogens is 1. The van der Waals surface area contributed by atoms with Crippen LogP contribution in [0.2, 0.25) is 0 Å². The normalized spacial score (nSPS) is 11.4. The van der Waals surface area contributed by atoms with Crippen LogP contribution in [0.5, 0.6) is 0 Å². The number of ether oxygens (including phenoxy) is 1. The highest BCUT2D eigenvalue weighted by Crippen LogP contribution is 2.33. The van der Waals surface area contributed by atoms with Crippen molar-refractivity contribution in [3.8, 4) is 0 Å². The molecule has 6 heteroatoms. The molecule has 144 valence electrons. The fraction of sp³-hybridized carbons (Fsp3) is 0.227. The smallest absolute Gasteiger partial charge is 0.262 e. The number of benzene rings is 2. The van der Waals surface area contributed by atoms with Gasteiger partial charge < -0.3 is 15.0 Å². The average Bonchev–Trinajstić information content (AvgIpc) is 3.19. The van der Waals surface area contributed by atoms with Gasteiger partial charge in [-0.3, -0.25) is 4.79 Å². The summed E-state index contributed by atoms with van der Waals surface area (Å²) in [6, 6.07) is 11.0. The number of carbonyl (C=O) groups excluding carboxylic acids is 1. The number of carbonyl (C=O) groups is 1. The molecule has 2 N–H and O–H groups in total. The van der Waals surface area contributed by atoms with E-state index in [1.165, 1.54) is 23.0 Å². The van der Waals surface area contributed by atoms with E-state index in [0.29, 0.717) is 22.4 Å². The zero-order valence-electron chi connectivity index (χ0n) is 16.0. The summed E-state index contributed by atoms with van der Waals surface area (Å²) in [7, 11) is 1.54. The number of nitrogens with one attached hydrogen (secondary N) is 2. The van der Waals surface area contributed by atoms with Gasteiger partial charge in [-0.1, -0.05) is 12.1 Å². The first-order valence-electron chi connectivity index (χ1n) is 9.04. The summed E-state index contributed by atoms with van der Waals surface area (Å²) in [6.45, 7) is 4.73. The Hall–Kier alpha value is -2.70. The maximum absolute atomic E-state index is 14.3. The molecule has 4 aromatic rings. The van der Waals surface area contributed by atoms with Gasteiger partial charge in [-0.15, -0.1) is 11.3 Å². The number of hydrogen-bond donors (Lipinski definition) is 2. The molecule has 0 aliphatic rings. The van der Waals surface area contributed by atoms with Crippen LogP contribution in [0.25, 0.3) is 21.0 Å². The number of fused-ring (bicyclic) bond motifs is 2. The predicted molar refractivity (Wildman–Crippen MR) is 111 cm³/mol. The Balaban J connectivity index is 1.61. The number of aryl methyl sites for hydroxylation is 2. The van der Waals surface area contributed by atoms with E-state index in [4.69, 9.17) is 4.74 Å². The standard InChI is InChI=1S/C22H21FN2O2S/c1-12-13(2)25-18-8-7-14(9-15(12)18)10-24-22(26)21-16(11-27-3)20-17(23)5-4-6-19(20)28-21/h4-9,25H,10-11H2,1-3H3,(H,24,26). The third kappa shape index (κ3) is 3.19. The van der Waals surface area contributed by atoms with Gasteiger partial charge in [0.05, 0.1) is 11.5 Å². The van der Waals surface area contributed by atoms with E-state index in [1.54, 1.807) is 13.2 Å². The predicted octanol–water partition coefficient (Wildman–Crippen LogP) is 5.21. The minimum absolute atomic E-state index is 0.192. The average molecular weight is 396 g/mol. The van der Waals surface area contributed by atoms with Crippen molar-refractivity contribution in [2.45, 2.75) is 27.0 Å². The lowest BCUT2D eigenvalue weighted by Crippen LogP contribution is -2.23. The molecule has 4 nitrogen and oxygen atoms in total. The Morgan fingerprint density at radius 3 is 2.86 bits per heavy atom. The van der Waals surface area contributed by atoms with E-state index in [-0.39, 0.29) is 18.3 Å². The molecule has 0 fully saturated rings. The molecule has 0 aliphatic carbocycles. The van der Waals surface area contributed by atoms with Crippen LogP contribution >= 0.6 is 11.3 Å². The van der Waals surface area contributed by atoms with Crippen molar-refractivity contribution in [3.63, 3.8) is 0 Å². The van der Waals surface area contributed by atoms with Crippen molar-refractivity contribution in [1.29, 1.82) is 0 Å². The molecule has 0 spiro atoms. The van der Waals surface area contributed by atoms with Gasteiger partial charge in [-0.25, -0.2) is 4.39 Å². The van der Waals surface area contributed by atoms with Crippen molar-refractivity contribution < 1.29 is 13.9 Å². The number of aromatic amines is 1. The molecule has 0 aliphatic heterocycles. The summed E-state index contributed by atoms with van der Waals surface area (Å²) in [5.74, 6) is -0.543. The first-order chi connectivity index (χ1) is 13.5. The molecule has 2 aromatic heterocycles. The second-order valence-electron chi connectivity index (χ2n) is 6.89. The Morgan fingerprint density at radius 1 is 1.25 bits per heavy atom. The van der Waals surface area contributed by atoms with E-state index in [9.17, 15) is 9.18 Å². The number of thiophene rings is 1. The zero-order valence-corrected chi connectivity index (χ0v) is 16.8. The van der Waals surface area contributed by atoms with Gasteiger partial charge >= 0.3 is 0 Å². The zero-order chi connectivity index (χ0) is 19.8. The van der Waals surface area contributed by atoms with E-state index in [1.807, 2.05) is 18.2 Å². The van der Waals surface area contributed by atoms with Crippen molar-refractivity contribution in [1.82, 2.24) is 10.3 Å². The van der Waals surface area contributed by atoms with Crippen LogP contribution < -0.4 is 5.32 Å². The maximum atomic E-state index is 14.3. The van der Waals surface area contributed by atoms with Crippen LogP contribution in [0.1, 0.15) is 32.1 Å². The summed E-state index contributed by atoms with van der Waals surface area (Å²) in [6.07, 6.45) is 0. The van der Waals surface area contributed by atoms with Gasteiger partial charge in [0.15, 0.2) is 0 Å². The fourth-order valence-electron chi connectivity index (χ4n) is 3.51. The molecule has 1 amide bonds. The van der Waals surface area contributed by atoms with Crippen molar-refractivity contribution in [3.05, 3.63) is 69.5 Å². The Kier molecular flexibility index (Phi) is 4.91. The van der Waals surface area contributed by atoms with Crippen LogP contribution in [-0.4, -0.2) is 18.0 Å². The van der Waals surface area contributed by atoms with Crippen LogP contribution in [0.3, 0.4) is 0 Å². The topological polar surface area (TPSA) is 54.1 Å². The maximum Gasteiger partial charge on any atom is 0.262 e. The highest BCUT2D eigenvalue weighted by atomic mass is 32.1. The first kappa shape index (κ1) is 18.7. The van der Waals surface area contributed by atoms with E-state index in [0.717, 1.165) is 26.9 Å². The van der Waals surface area contributed by atoms with Crippen LogP contribution in [-0.2, 0) is 17.9 Å². The summed E-state index contributed by atoms with van der Waals surface area (Å²) >= 11 is 1.29. The van der Waals surface area contributed by atoms with Gasteiger partial charge in [0.2, 0.25) is 0 Å². The van der Waals surface area contributed by atoms with E-state index in [2.05, 4.69) is 30.2 Å². The molecule has 0 bridgehead atoms. The first-order valence-corrected chi connectivity index (χ1v) is 9.86.